The van der Waals surface area contributed by atoms with Crippen LogP contribution in [0, 0.1) is 5.41 Å². The lowest BCUT2D eigenvalue weighted by Crippen LogP contribution is -2.51. The Hall–Kier alpha value is -0.570. The second-order valence-corrected chi connectivity index (χ2v) is 6.65. The largest absolute Gasteiger partial charge is 0.459 e. The molecule has 0 saturated heterocycles. The topological polar surface area (TPSA) is 38.3 Å². The predicted octanol–water partition coefficient (Wildman–Crippen LogP) is 2.74. The molecule has 0 spiro atoms. The number of esters is 1. The Morgan fingerprint density at radius 1 is 1.06 bits per heavy atom. The molecule has 0 rings (SSSR count). The molecule has 0 heterocycles. The predicted molar refractivity (Wildman–Crippen MR) is 67.4 cm³/mol. The average molecular weight is 229 g/mol. The van der Waals surface area contributed by atoms with Gasteiger partial charge in [0.05, 0.1) is 0 Å². The molecule has 0 aliphatic carbocycles. The quantitative estimate of drug-likeness (QED) is 0.756. The number of hydrogen-bond acceptors (Lipinski definition) is 3. The van der Waals surface area contributed by atoms with Crippen LogP contribution in [0.4, 0.5) is 0 Å². The molecule has 0 unspecified atom stereocenters. The Balaban J connectivity index is 4.71. The third-order valence-corrected chi connectivity index (χ3v) is 2.01. The van der Waals surface area contributed by atoms with Crippen LogP contribution in [-0.2, 0) is 9.53 Å². The van der Waals surface area contributed by atoms with Gasteiger partial charge >= 0.3 is 5.97 Å². The average Bonchev–Trinajstić information content (AvgIpc) is 1.93. The molecule has 0 aliphatic rings. The normalized spacial score (nSPS) is 15.1. The highest BCUT2D eigenvalue weighted by Crippen LogP contribution is 2.22. The fourth-order valence-corrected chi connectivity index (χ4v) is 1.37. The van der Waals surface area contributed by atoms with Gasteiger partial charge in [0, 0.05) is 6.04 Å². The van der Waals surface area contributed by atoms with Crippen LogP contribution in [0.5, 0.6) is 0 Å². The van der Waals surface area contributed by atoms with Crippen LogP contribution < -0.4 is 5.32 Å². The molecule has 1 atom stereocenters. The molecule has 0 aromatic heterocycles. The zero-order valence-electron chi connectivity index (χ0n) is 12.0. The molecule has 0 aliphatic heterocycles. The molecule has 3 heteroatoms. The Bertz CT molecular complexity index is 233. The Labute approximate surface area is 99.9 Å². The van der Waals surface area contributed by atoms with Crippen LogP contribution in [0.1, 0.15) is 55.4 Å². The van der Waals surface area contributed by atoms with E-state index in [9.17, 15) is 4.79 Å². The first-order valence-corrected chi connectivity index (χ1v) is 5.92. The summed E-state index contributed by atoms with van der Waals surface area (Å²) in [5.41, 5.74) is -0.578. The fourth-order valence-electron chi connectivity index (χ4n) is 1.37. The van der Waals surface area contributed by atoms with Gasteiger partial charge in [0.2, 0.25) is 0 Å². The van der Waals surface area contributed by atoms with Gasteiger partial charge in [-0.2, -0.15) is 0 Å². The monoisotopic (exact) mass is 229 g/mol. The van der Waals surface area contributed by atoms with Crippen molar-refractivity contribution in [1.29, 1.82) is 0 Å². The smallest absolute Gasteiger partial charge is 0.324 e. The lowest BCUT2D eigenvalue weighted by Gasteiger charge is -2.33. The van der Waals surface area contributed by atoms with E-state index in [4.69, 9.17) is 4.74 Å². The van der Waals surface area contributed by atoms with Gasteiger partial charge in [-0.3, -0.25) is 4.79 Å². The zero-order chi connectivity index (χ0) is 13.1. The second-order valence-electron chi connectivity index (χ2n) is 6.65. The molecule has 0 saturated carbocycles. The van der Waals surface area contributed by atoms with E-state index in [1.807, 2.05) is 55.4 Å². The maximum atomic E-state index is 12.1. The van der Waals surface area contributed by atoms with Crippen molar-refractivity contribution in [3.63, 3.8) is 0 Å². The molecular weight excluding hydrogens is 202 g/mol. The summed E-state index contributed by atoms with van der Waals surface area (Å²) in [6.45, 7) is 15.8. The first-order chi connectivity index (χ1) is 6.93. The molecule has 0 radical (unpaired) electrons. The maximum absolute atomic E-state index is 12.1. The van der Waals surface area contributed by atoms with Gasteiger partial charge in [0.25, 0.3) is 0 Å². The van der Waals surface area contributed by atoms with Crippen LogP contribution in [-0.4, -0.2) is 23.7 Å². The van der Waals surface area contributed by atoms with Crippen LogP contribution in [0.3, 0.4) is 0 Å². The van der Waals surface area contributed by atoms with E-state index in [0.717, 1.165) is 0 Å². The van der Waals surface area contributed by atoms with Crippen molar-refractivity contribution in [3.8, 4) is 0 Å². The van der Waals surface area contributed by atoms with E-state index in [2.05, 4.69) is 5.32 Å². The zero-order valence-corrected chi connectivity index (χ0v) is 12.0. The van der Waals surface area contributed by atoms with Crippen molar-refractivity contribution in [3.05, 3.63) is 0 Å². The van der Waals surface area contributed by atoms with Crippen LogP contribution in [0.15, 0.2) is 0 Å². The number of carbonyl (C=O) groups excluding carboxylic acids is 1. The van der Waals surface area contributed by atoms with Crippen molar-refractivity contribution in [2.45, 2.75) is 73.1 Å². The van der Waals surface area contributed by atoms with Crippen molar-refractivity contribution in [2.24, 2.45) is 5.41 Å². The minimum atomic E-state index is -0.431. The summed E-state index contributed by atoms with van der Waals surface area (Å²) < 4.78 is 5.43. The third-order valence-electron chi connectivity index (χ3n) is 2.01. The Morgan fingerprint density at radius 2 is 1.50 bits per heavy atom. The van der Waals surface area contributed by atoms with Gasteiger partial charge in [0.1, 0.15) is 11.6 Å². The number of hydrogen-bond donors (Lipinski definition) is 1. The molecule has 3 nitrogen and oxygen atoms in total. The number of rotatable bonds is 3. The van der Waals surface area contributed by atoms with Crippen molar-refractivity contribution in [2.75, 3.05) is 0 Å². The standard InChI is InChI=1S/C13H27NO2/c1-9(2)14-10(12(3,4)5)11(15)16-13(6,7)8/h9-10,14H,1-8H3/t10-/m0/s1. The molecule has 0 bridgehead atoms. The van der Waals surface area contributed by atoms with E-state index >= 15 is 0 Å². The molecular formula is C13H27NO2. The summed E-state index contributed by atoms with van der Waals surface area (Å²) in [4.78, 5) is 12.1. The summed E-state index contributed by atoms with van der Waals surface area (Å²) in [6.07, 6.45) is 0. The van der Waals surface area contributed by atoms with Gasteiger partial charge in [-0.15, -0.1) is 0 Å². The van der Waals surface area contributed by atoms with Crippen LogP contribution in [0.25, 0.3) is 0 Å². The minimum absolute atomic E-state index is 0.146. The molecule has 0 fully saturated rings. The highest BCUT2D eigenvalue weighted by atomic mass is 16.6. The van der Waals surface area contributed by atoms with Crippen molar-refractivity contribution >= 4 is 5.97 Å². The Morgan fingerprint density at radius 3 is 1.75 bits per heavy atom. The number of ether oxygens (including phenoxy) is 1. The molecule has 1 N–H and O–H groups in total. The number of nitrogens with one attached hydrogen (secondary N) is 1. The van der Waals surface area contributed by atoms with Crippen LogP contribution in [0.2, 0.25) is 0 Å². The van der Waals surface area contributed by atoms with E-state index in [-0.39, 0.29) is 23.5 Å². The maximum Gasteiger partial charge on any atom is 0.324 e. The highest BCUT2D eigenvalue weighted by Gasteiger charge is 2.34. The molecule has 0 aromatic carbocycles. The van der Waals surface area contributed by atoms with Gasteiger partial charge in [-0.1, -0.05) is 34.6 Å². The van der Waals surface area contributed by atoms with E-state index in [1.165, 1.54) is 0 Å². The summed E-state index contributed by atoms with van der Waals surface area (Å²) in [7, 11) is 0. The first-order valence-electron chi connectivity index (χ1n) is 5.92. The van der Waals surface area contributed by atoms with E-state index in [1.54, 1.807) is 0 Å². The van der Waals surface area contributed by atoms with E-state index in [0.29, 0.717) is 0 Å². The van der Waals surface area contributed by atoms with Gasteiger partial charge in [-0.25, -0.2) is 0 Å². The summed E-state index contributed by atoms with van der Waals surface area (Å²) >= 11 is 0. The Kier molecular flexibility index (Phi) is 4.99. The molecule has 96 valence electrons. The summed E-state index contributed by atoms with van der Waals surface area (Å²) in [6, 6.07) is -0.0107. The number of carbonyl (C=O) groups is 1. The highest BCUT2D eigenvalue weighted by molar-refractivity contribution is 5.77. The van der Waals surface area contributed by atoms with Crippen molar-refractivity contribution < 1.29 is 9.53 Å². The summed E-state index contributed by atoms with van der Waals surface area (Å²) in [5, 5.41) is 3.27. The van der Waals surface area contributed by atoms with Gasteiger partial charge in [-0.05, 0) is 26.2 Å². The minimum Gasteiger partial charge on any atom is -0.459 e. The molecule has 0 amide bonds. The van der Waals surface area contributed by atoms with Gasteiger partial charge < -0.3 is 10.1 Å². The second kappa shape index (κ2) is 5.17. The molecule has 16 heavy (non-hydrogen) atoms. The van der Waals surface area contributed by atoms with Gasteiger partial charge in [0.15, 0.2) is 0 Å². The van der Waals surface area contributed by atoms with E-state index < -0.39 is 5.60 Å². The third kappa shape index (κ3) is 6.11. The van der Waals surface area contributed by atoms with Crippen molar-refractivity contribution in [1.82, 2.24) is 5.32 Å². The fraction of sp³-hybridized carbons (Fsp3) is 0.923. The molecule has 0 aromatic rings. The first kappa shape index (κ1) is 15.4. The SMILES string of the molecule is CC(C)N[C@@H](C(=O)OC(C)(C)C)C(C)(C)C. The summed E-state index contributed by atoms with van der Waals surface area (Å²) in [5.74, 6) is -0.172. The lowest BCUT2D eigenvalue weighted by atomic mass is 9.86. The van der Waals surface area contributed by atoms with Crippen LogP contribution >= 0.6 is 0 Å². The lowest BCUT2D eigenvalue weighted by molar-refractivity contribution is -0.160.